The second-order valence-electron chi connectivity index (χ2n) is 0.995. The fraction of sp³-hybridized carbons (Fsp3) is 0.667. The Morgan fingerprint density at radius 2 is 1.88 bits per heavy atom. The number of quaternary nitrogens is 1. The minimum Gasteiger partial charge on any atom is -0.547 e. The molecule has 0 saturated carbocycles. The van der Waals surface area contributed by atoms with E-state index in [1.54, 1.807) is 0 Å². The van der Waals surface area contributed by atoms with Crippen LogP contribution < -0.4 is 11.3 Å². The van der Waals surface area contributed by atoms with Crippen LogP contribution in [0.5, 0.6) is 0 Å². The van der Waals surface area contributed by atoms with E-state index in [1.165, 1.54) is 0 Å². The first-order valence-corrected chi connectivity index (χ1v) is 1.53. The predicted molar refractivity (Wildman–Crippen MR) is 26.3 cm³/mol. The molecule has 7 N–H and O–H groups in total. The standard InChI is InChI=1S/C3H6O3.H3N.H2O/c1-2(4)3(5)6;;/h2,4H,1H3,(H,5,6);1H3;1H2/t2-;;/m0../s1. The lowest BCUT2D eigenvalue weighted by molar-refractivity contribution is -0.314. The molecule has 0 aliphatic carbocycles. The molecule has 0 saturated heterocycles. The third kappa shape index (κ3) is 9.02. The summed E-state index contributed by atoms with van der Waals surface area (Å²) in [7, 11) is 0. The highest BCUT2D eigenvalue weighted by molar-refractivity contribution is 5.68. The lowest BCUT2D eigenvalue weighted by Crippen LogP contribution is -2.32. The van der Waals surface area contributed by atoms with E-state index < -0.39 is 12.1 Å². The van der Waals surface area contributed by atoms with Crippen molar-refractivity contribution in [2.24, 2.45) is 0 Å². The number of hydrogen-bond acceptors (Lipinski definition) is 3. The fourth-order valence-electron chi connectivity index (χ4n) is 0. The summed E-state index contributed by atoms with van der Waals surface area (Å²) >= 11 is 0. The summed E-state index contributed by atoms with van der Waals surface area (Å²) in [6.45, 7) is 1.13. The first kappa shape index (κ1) is 15.7. The Kier molecular flexibility index (Phi) is 12.4. The third-order valence-electron chi connectivity index (χ3n) is 0.341. The molecule has 5 nitrogen and oxygen atoms in total. The van der Waals surface area contributed by atoms with Gasteiger partial charge in [-0.1, -0.05) is 0 Å². The molecule has 0 aromatic heterocycles. The maximum atomic E-state index is 9.34. The Morgan fingerprint density at radius 3 is 1.88 bits per heavy atom. The molecule has 1 atom stereocenters. The van der Waals surface area contributed by atoms with Crippen LogP contribution in [0.15, 0.2) is 0 Å². The van der Waals surface area contributed by atoms with Crippen LogP contribution in [0.3, 0.4) is 0 Å². The molecule has 8 heavy (non-hydrogen) atoms. The van der Waals surface area contributed by atoms with Crippen molar-refractivity contribution in [2.75, 3.05) is 0 Å². The van der Waals surface area contributed by atoms with Gasteiger partial charge in [0.05, 0.1) is 12.1 Å². The summed E-state index contributed by atoms with van der Waals surface area (Å²) in [4.78, 5) is 9.34. The molecular weight excluding hydrogens is 114 g/mol. The van der Waals surface area contributed by atoms with Gasteiger partial charge in [-0.15, -0.1) is 0 Å². The second kappa shape index (κ2) is 6.35. The second-order valence-corrected chi connectivity index (χ2v) is 0.995. The van der Waals surface area contributed by atoms with Gasteiger partial charge in [-0.3, -0.25) is 0 Å². The van der Waals surface area contributed by atoms with Crippen molar-refractivity contribution in [1.29, 1.82) is 0 Å². The summed E-state index contributed by atoms with van der Waals surface area (Å²) in [6.07, 6.45) is -1.34. The zero-order valence-corrected chi connectivity index (χ0v) is 4.84. The first-order chi connectivity index (χ1) is 2.64. The number of rotatable bonds is 1. The van der Waals surface area contributed by atoms with Crippen LogP contribution in [0, 0.1) is 0 Å². The van der Waals surface area contributed by atoms with Crippen molar-refractivity contribution in [2.45, 2.75) is 13.0 Å². The molecule has 0 spiro atoms. The lowest BCUT2D eigenvalue weighted by Gasteiger charge is -2.00. The van der Waals surface area contributed by atoms with Crippen LogP contribution in [0.1, 0.15) is 6.92 Å². The monoisotopic (exact) mass is 125 g/mol. The highest BCUT2D eigenvalue weighted by Crippen LogP contribution is 1.69. The Morgan fingerprint density at radius 1 is 1.75 bits per heavy atom. The molecule has 0 aliphatic rings. The van der Waals surface area contributed by atoms with Crippen LogP contribution in [0.2, 0.25) is 0 Å². The molecule has 0 rings (SSSR count). The number of carboxylic acid groups (broad SMARTS) is 1. The van der Waals surface area contributed by atoms with E-state index in [-0.39, 0.29) is 11.6 Å². The zero-order chi connectivity index (χ0) is 5.15. The molecule has 0 aromatic rings. The Labute approximate surface area is 46.8 Å². The van der Waals surface area contributed by atoms with Crippen LogP contribution in [-0.2, 0) is 4.79 Å². The van der Waals surface area contributed by atoms with E-state index in [0.29, 0.717) is 0 Å². The van der Waals surface area contributed by atoms with Crippen LogP contribution >= 0.6 is 0 Å². The number of aliphatic carboxylic acids is 1. The fourth-order valence-corrected chi connectivity index (χ4v) is 0. The number of carbonyl (C=O) groups is 1. The van der Waals surface area contributed by atoms with Crippen molar-refractivity contribution < 1.29 is 20.5 Å². The minimum absolute atomic E-state index is 0. The first-order valence-electron chi connectivity index (χ1n) is 1.53. The highest BCUT2D eigenvalue weighted by Gasteiger charge is 1.89. The molecule has 0 aliphatic heterocycles. The molecule has 0 fully saturated rings. The SMILES string of the molecule is C[C@H](O)C(=O)[O-].O.[NH4+]. The van der Waals surface area contributed by atoms with Gasteiger partial charge in [-0.2, -0.15) is 0 Å². The van der Waals surface area contributed by atoms with Crippen LogP contribution in [0.4, 0.5) is 0 Å². The van der Waals surface area contributed by atoms with Gasteiger partial charge in [-0.25, -0.2) is 0 Å². The van der Waals surface area contributed by atoms with Gasteiger partial charge in [0.1, 0.15) is 0 Å². The maximum Gasteiger partial charge on any atom is 0.0905 e. The Balaban J connectivity index is -0.000000125. The quantitative estimate of drug-likeness (QED) is 0.407. The van der Waals surface area contributed by atoms with Gasteiger partial charge < -0.3 is 26.6 Å². The highest BCUT2D eigenvalue weighted by atomic mass is 16.4. The Bertz CT molecular complexity index is 62.3. The van der Waals surface area contributed by atoms with Crippen molar-refractivity contribution >= 4 is 5.97 Å². The molecule has 0 unspecified atom stereocenters. The molecule has 5 heteroatoms. The van der Waals surface area contributed by atoms with E-state index in [2.05, 4.69) is 0 Å². The van der Waals surface area contributed by atoms with Crippen molar-refractivity contribution in [3.63, 3.8) is 0 Å². The minimum atomic E-state index is -1.44. The van der Waals surface area contributed by atoms with E-state index in [1.807, 2.05) is 0 Å². The average Bonchev–Trinajstić information content (AvgIpc) is 1.36. The summed E-state index contributed by atoms with van der Waals surface area (Å²) in [6, 6.07) is 0. The molecule has 0 aromatic carbocycles. The normalized spacial score (nSPS) is 10.2. The molecule has 52 valence electrons. The smallest absolute Gasteiger partial charge is 0.0905 e. The van der Waals surface area contributed by atoms with Gasteiger partial charge in [0.15, 0.2) is 0 Å². The molecule has 0 bridgehead atoms. The van der Waals surface area contributed by atoms with Gasteiger partial charge >= 0.3 is 0 Å². The van der Waals surface area contributed by atoms with Gasteiger partial charge in [0.25, 0.3) is 0 Å². The topological polar surface area (TPSA) is 128 Å². The maximum absolute atomic E-state index is 9.34. The largest absolute Gasteiger partial charge is 0.547 e. The predicted octanol–water partition coefficient (Wildman–Crippen LogP) is -2.33. The summed E-state index contributed by atoms with van der Waals surface area (Å²) < 4.78 is 0. The molecule has 0 radical (unpaired) electrons. The molecule has 0 amide bonds. The van der Waals surface area contributed by atoms with Crippen LogP contribution in [-0.4, -0.2) is 22.7 Å². The van der Waals surface area contributed by atoms with Crippen molar-refractivity contribution in [3.8, 4) is 0 Å². The number of carbonyl (C=O) groups excluding carboxylic acids is 1. The van der Waals surface area contributed by atoms with E-state index >= 15 is 0 Å². The summed E-state index contributed by atoms with van der Waals surface area (Å²) in [5.41, 5.74) is 0. The van der Waals surface area contributed by atoms with Gasteiger partial charge in [0, 0.05) is 0 Å². The lowest BCUT2D eigenvalue weighted by atomic mass is 10.4. The number of aliphatic hydroxyl groups is 1. The average molecular weight is 125 g/mol. The van der Waals surface area contributed by atoms with E-state index in [9.17, 15) is 9.90 Å². The summed E-state index contributed by atoms with van der Waals surface area (Å²) in [5.74, 6) is -1.44. The van der Waals surface area contributed by atoms with Crippen LogP contribution in [0.25, 0.3) is 0 Å². The summed E-state index contributed by atoms with van der Waals surface area (Å²) in [5, 5.41) is 17.3. The molecule has 0 heterocycles. The van der Waals surface area contributed by atoms with Crippen molar-refractivity contribution in [1.82, 2.24) is 6.15 Å². The van der Waals surface area contributed by atoms with Gasteiger partial charge in [-0.05, 0) is 6.92 Å². The van der Waals surface area contributed by atoms with E-state index in [0.717, 1.165) is 6.92 Å². The zero-order valence-electron chi connectivity index (χ0n) is 4.84. The number of hydrogen-bond donors (Lipinski definition) is 2. The van der Waals surface area contributed by atoms with E-state index in [4.69, 9.17) is 5.11 Å². The van der Waals surface area contributed by atoms with Gasteiger partial charge in [0.2, 0.25) is 0 Å². The number of aliphatic hydroxyl groups excluding tert-OH is 1. The molecular formula is C3H11NO4. The third-order valence-corrected chi connectivity index (χ3v) is 0.341. The number of carboxylic acids is 1. The van der Waals surface area contributed by atoms with Crippen molar-refractivity contribution in [3.05, 3.63) is 0 Å². The Hall–Kier alpha value is -0.650.